The Morgan fingerprint density at radius 3 is 2.43 bits per heavy atom. The van der Waals surface area contributed by atoms with E-state index in [1.807, 2.05) is 54.6 Å². The maximum atomic E-state index is 12.1. The highest BCUT2D eigenvalue weighted by Gasteiger charge is 2.07. The summed E-state index contributed by atoms with van der Waals surface area (Å²) < 4.78 is 5.78. The summed E-state index contributed by atoms with van der Waals surface area (Å²) >= 11 is 0. The lowest BCUT2D eigenvalue weighted by molar-refractivity contribution is 0.295. The summed E-state index contributed by atoms with van der Waals surface area (Å²) in [4.78, 5) is 19.5. The van der Waals surface area contributed by atoms with E-state index in [-0.39, 0.29) is 5.56 Å². The van der Waals surface area contributed by atoms with Crippen LogP contribution in [0.15, 0.2) is 71.5 Å². The van der Waals surface area contributed by atoms with Crippen LogP contribution in [0.1, 0.15) is 5.56 Å². The van der Waals surface area contributed by atoms with Gasteiger partial charge in [0.05, 0.1) is 11.0 Å². The third-order valence-corrected chi connectivity index (χ3v) is 3.77. The number of benzene rings is 2. The predicted octanol–water partition coefficient (Wildman–Crippen LogP) is 3.66. The van der Waals surface area contributed by atoms with Crippen molar-refractivity contribution in [1.82, 2.24) is 9.97 Å². The first-order valence-electron chi connectivity index (χ1n) is 7.40. The molecule has 4 rings (SSSR count). The maximum Gasteiger partial charge on any atom is 0.256 e. The van der Waals surface area contributed by atoms with Crippen LogP contribution in [0, 0.1) is 0 Å². The molecule has 1 N–H and O–H groups in total. The Kier molecular flexibility index (Phi) is 3.27. The van der Waals surface area contributed by atoms with E-state index >= 15 is 0 Å². The third kappa shape index (κ3) is 2.55. The Morgan fingerprint density at radius 2 is 1.61 bits per heavy atom. The predicted molar refractivity (Wildman–Crippen MR) is 90.6 cm³/mol. The van der Waals surface area contributed by atoms with Gasteiger partial charge in [0.15, 0.2) is 0 Å². The molecule has 0 unspecified atom stereocenters. The summed E-state index contributed by atoms with van der Waals surface area (Å²) in [5, 5.41) is 1.46. The van der Waals surface area contributed by atoms with Crippen molar-refractivity contribution in [3.05, 3.63) is 82.6 Å². The van der Waals surface area contributed by atoms with Crippen LogP contribution in [-0.4, -0.2) is 9.97 Å². The summed E-state index contributed by atoms with van der Waals surface area (Å²) in [6.07, 6.45) is 0. The van der Waals surface area contributed by atoms with Gasteiger partial charge in [-0.2, -0.15) is 0 Å². The van der Waals surface area contributed by atoms with Crippen molar-refractivity contribution < 1.29 is 4.74 Å². The molecule has 0 spiro atoms. The normalized spacial score (nSPS) is 11.0. The smallest absolute Gasteiger partial charge is 0.256 e. The topological polar surface area (TPSA) is 55.0 Å². The molecule has 112 valence electrons. The molecular weight excluding hydrogens is 288 g/mol. The lowest BCUT2D eigenvalue weighted by Crippen LogP contribution is -2.07. The standard InChI is InChI=1S/C19H14N2O2/c22-19-15-9-5-4-8-14(15)18-16(20-19)10-11-17(21-18)23-12-13-6-2-1-3-7-13/h1-11H,12H2,(H,20,22). The highest BCUT2D eigenvalue weighted by atomic mass is 16.5. The fourth-order valence-corrected chi connectivity index (χ4v) is 2.64. The zero-order valence-electron chi connectivity index (χ0n) is 12.3. The van der Waals surface area contributed by atoms with Crippen LogP contribution in [0.3, 0.4) is 0 Å². The van der Waals surface area contributed by atoms with Gasteiger partial charge in [-0.15, -0.1) is 0 Å². The lowest BCUT2D eigenvalue weighted by atomic mass is 10.1. The van der Waals surface area contributed by atoms with Crippen LogP contribution in [0.4, 0.5) is 0 Å². The summed E-state index contributed by atoms with van der Waals surface area (Å²) in [6.45, 7) is 0.459. The zero-order valence-corrected chi connectivity index (χ0v) is 12.3. The van der Waals surface area contributed by atoms with Crippen molar-refractivity contribution >= 4 is 21.8 Å². The highest BCUT2D eigenvalue weighted by Crippen LogP contribution is 2.22. The van der Waals surface area contributed by atoms with E-state index in [4.69, 9.17) is 4.74 Å². The van der Waals surface area contributed by atoms with E-state index < -0.39 is 0 Å². The Bertz CT molecular complexity index is 1040. The van der Waals surface area contributed by atoms with Crippen LogP contribution in [0.25, 0.3) is 21.8 Å². The van der Waals surface area contributed by atoms with Gasteiger partial charge >= 0.3 is 0 Å². The molecule has 0 bridgehead atoms. The number of aromatic amines is 1. The van der Waals surface area contributed by atoms with Gasteiger partial charge in [-0.25, -0.2) is 4.98 Å². The highest BCUT2D eigenvalue weighted by molar-refractivity contribution is 6.02. The zero-order chi connectivity index (χ0) is 15.6. The van der Waals surface area contributed by atoms with Crippen molar-refractivity contribution in [3.63, 3.8) is 0 Å². The minimum absolute atomic E-state index is 0.104. The molecular formula is C19H14N2O2. The van der Waals surface area contributed by atoms with Gasteiger partial charge < -0.3 is 9.72 Å². The van der Waals surface area contributed by atoms with Gasteiger partial charge in [-0.05, 0) is 17.7 Å². The monoisotopic (exact) mass is 302 g/mol. The van der Waals surface area contributed by atoms with E-state index in [0.29, 0.717) is 23.4 Å². The number of pyridine rings is 2. The Balaban J connectivity index is 1.76. The van der Waals surface area contributed by atoms with Gasteiger partial charge in [0.25, 0.3) is 5.56 Å². The Labute approximate surface area is 132 Å². The fraction of sp³-hybridized carbons (Fsp3) is 0.0526. The van der Waals surface area contributed by atoms with Gasteiger partial charge in [0.1, 0.15) is 6.61 Å². The van der Waals surface area contributed by atoms with Crippen LogP contribution in [0.2, 0.25) is 0 Å². The molecule has 0 aliphatic carbocycles. The molecule has 0 aliphatic rings. The van der Waals surface area contributed by atoms with Crippen LogP contribution in [0.5, 0.6) is 5.88 Å². The van der Waals surface area contributed by atoms with E-state index in [2.05, 4.69) is 9.97 Å². The number of nitrogens with zero attached hydrogens (tertiary/aromatic N) is 1. The molecule has 4 heteroatoms. The van der Waals surface area contributed by atoms with Crippen molar-refractivity contribution in [2.75, 3.05) is 0 Å². The number of hydrogen-bond acceptors (Lipinski definition) is 3. The summed E-state index contributed by atoms with van der Waals surface area (Å²) in [6, 6.07) is 21.0. The first-order valence-corrected chi connectivity index (χ1v) is 7.40. The molecule has 2 aromatic heterocycles. The van der Waals surface area contributed by atoms with E-state index in [1.165, 1.54) is 0 Å². The molecule has 0 aliphatic heterocycles. The van der Waals surface area contributed by atoms with Crippen LogP contribution in [-0.2, 0) is 6.61 Å². The SMILES string of the molecule is O=c1[nH]c2ccc(OCc3ccccc3)nc2c2ccccc12. The van der Waals surface area contributed by atoms with Crippen LogP contribution < -0.4 is 10.3 Å². The molecule has 0 saturated carbocycles. The molecule has 23 heavy (non-hydrogen) atoms. The number of rotatable bonds is 3. The van der Waals surface area contributed by atoms with Crippen molar-refractivity contribution in [1.29, 1.82) is 0 Å². The van der Waals surface area contributed by atoms with Gasteiger partial charge in [-0.3, -0.25) is 4.79 Å². The molecule has 0 amide bonds. The lowest BCUT2D eigenvalue weighted by Gasteiger charge is -2.08. The van der Waals surface area contributed by atoms with Gasteiger partial charge in [0.2, 0.25) is 5.88 Å². The number of H-pyrrole nitrogens is 1. The third-order valence-electron chi connectivity index (χ3n) is 3.77. The summed E-state index contributed by atoms with van der Waals surface area (Å²) in [5.41, 5.74) is 2.43. The quantitative estimate of drug-likeness (QED) is 0.588. The molecule has 0 radical (unpaired) electrons. The second kappa shape index (κ2) is 5.57. The number of aromatic nitrogens is 2. The van der Waals surface area contributed by atoms with Gasteiger partial charge in [-0.1, -0.05) is 48.5 Å². The average Bonchev–Trinajstić information content (AvgIpc) is 2.61. The van der Waals surface area contributed by atoms with Crippen molar-refractivity contribution in [2.45, 2.75) is 6.61 Å². The second-order valence-corrected chi connectivity index (χ2v) is 5.32. The average molecular weight is 302 g/mol. The van der Waals surface area contributed by atoms with Crippen LogP contribution >= 0.6 is 0 Å². The molecule has 4 aromatic rings. The molecule has 4 nitrogen and oxygen atoms in total. The second-order valence-electron chi connectivity index (χ2n) is 5.32. The molecule has 0 atom stereocenters. The number of fused-ring (bicyclic) bond motifs is 3. The minimum atomic E-state index is -0.104. The summed E-state index contributed by atoms with van der Waals surface area (Å²) in [5.74, 6) is 0.540. The van der Waals surface area contributed by atoms with E-state index in [1.54, 1.807) is 12.1 Å². The number of nitrogens with one attached hydrogen (secondary N) is 1. The molecule has 2 aromatic carbocycles. The van der Waals surface area contributed by atoms with Crippen molar-refractivity contribution in [2.24, 2.45) is 0 Å². The number of ether oxygens (including phenoxy) is 1. The van der Waals surface area contributed by atoms with E-state index in [9.17, 15) is 4.79 Å². The molecule has 0 fully saturated rings. The first kappa shape index (κ1) is 13.5. The maximum absolute atomic E-state index is 12.1. The first-order chi connectivity index (χ1) is 11.3. The van der Waals surface area contributed by atoms with Crippen molar-refractivity contribution in [3.8, 4) is 5.88 Å². The number of hydrogen-bond donors (Lipinski definition) is 1. The molecule has 0 saturated heterocycles. The largest absolute Gasteiger partial charge is 0.473 e. The van der Waals surface area contributed by atoms with Gasteiger partial charge in [0, 0.05) is 16.8 Å². The Hall–Kier alpha value is -3.14. The minimum Gasteiger partial charge on any atom is -0.473 e. The summed E-state index contributed by atoms with van der Waals surface area (Å²) in [7, 11) is 0. The Morgan fingerprint density at radius 1 is 0.870 bits per heavy atom. The fourth-order valence-electron chi connectivity index (χ4n) is 2.64. The van der Waals surface area contributed by atoms with E-state index in [0.717, 1.165) is 16.5 Å². The molecule has 2 heterocycles.